The van der Waals surface area contributed by atoms with Crippen LogP contribution in [0.4, 0.5) is 0 Å². The summed E-state index contributed by atoms with van der Waals surface area (Å²) >= 11 is 8.74. The molecule has 8 heteroatoms. The zero-order chi connectivity index (χ0) is 14.8. The molecule has 4 nitrogen and oxygen atoms in total. The first kappa shape index (κ1) is 16.3. The van der Waals surface area contributed by atoms with Crippen molar-refractivity contribution < 1.29 is 26.8 Å². The van der Waals surface area contributed by atoms with Gasteiger partial charge in [-0.2, -0.15) is 0 Å². The van der Waals surface area contributed by atoms with Gasteiger partial charge >= 0.3 is 136 Å². The summed E-state index contributed by atoms with van der Waals surface area (Å²) in [7, 11) is -4.50. The second kappa shape index (κ2) is 6.76. The maximum atomic E-state index is 10.9. The van der Waals surface area contributed by atoms with Crippen LogP contribution in [-0.4, -0.2) is 0 Å². The van der Waals surface area contributed by atoms with Gasteiger partial charge in [0.2, 0.25) is 0 Å². The third kappa shape index (κ3) is 4.71. The summed E-state index contributed by atoms with van der Waals surface area (Å²) in [6, 6.07) is 13.1. The van der Waals surface area contributed by atoms with Crippen molar-refractivity contribution in [2.45, 2.75) is 0 Å². The zero-order valence-electron chi connectivity index (χ0n) is 9.76. The summed E-state index contributed by atoms with van der Waals surface area (Å²) in [6.07, 6.45) is 0. The van der Waals surface area contributed by atoms with Gasteiger partial charge < -0.3 is 0 Å². The van der Waals surface area contributed by atoms with E-state index in [4.69, 9.17) is 25.8 Å². The first-order valence-corrected chi connectivity index (χ1v) is 10.2. The molecule has 0 unspecified atom stereocenters. The number of halogens is 4. The fraction of sp³-hybridized carbons (Fsp3) is 0. The Labute approximate surface area is 135 Å². The van der Waals surface area contributed by atoms with E-state index in [2.05, 4.69) is 0 Å². The van der Waals surface area contributed by atoms with Crippen LogP contribution in [0.25, 0.3) is 0 Å². The molecule has 108 valence electrons. The molecule has 2 aromatic rings. The molecule has 0 aromatic heterocycles. The Morgan fingerprint density at radius 2 is 1.10 bits per heavy atom. The van der Waals surface area contributed by atoms with Crippen LogP contribution in [0, 0.1) is 17.4 Å². The van der Waals surface area contributed by atoms with Crippen LogP contribution in [-0.2, 0) is 2.62 Å². The molecular weight excluding hydrogens is 441 g/mol. The molecular formula is C12H8Cl3IO4. The van der Waals surface area contributed by atoms with Crippen LogP contribution in [0.2, 0.25) is 10.0 Å². The Morgan fingerprint density at radius 3 is 1.40 bits per heavy atom. The van der Waals surface area contributed by atoms with E-state index in [1.54, 1.807) is 48.5 Å². The van der Waals surface area contributed by atoms with Gasteiger partial charge in [-0.05, 0) is 0 Å². The number of hydrogen-bond donors (Lipinski definition) is 0. The van der Waals surface area contributed by atoms with E-state index in [1.807, 2.05) is 0 Å². The Bertz CT molecular complexity index is 523. The molecule has 0 N–H and O–H groups in total. The molecule has 2 aromatic carbocycles. The Kier molecular flexibility index (Phi) is 5.49. The molecule has 0 saturated carbocycles. The second-order valence-corrected chi connectivity index (χ2v) is 10.2. The molecule has 0 amide bonds. The molecule has 0 bridgehead atoms. The third-order valence-corrected chi connectivity index (χ3v) is 8.82. The van der Waals surface area contributed by atoms with Gasteiger partial charge in [0, 0.05) is 0 Å². The van der Waals surface area contributed by atoms with Crippen molar-refractivity contribution in [1.82, 2.24) is 0 Å². The zero-order valence-corrected chi connectivity index (χ0v) is 14.2. The Hall–Kier alpha value is -0.120. The summed E-state index contributed by atoms with van der Waals surface area (Å²) in [5.41, 5.74) is 0. The molecule has 0 aliphatic carbocycles. The summed E-state index contributed by atoms with van der Waals surface area (Å²) in [5, 5.41) is 1.03. The molecule has 0 heterocycles. The predicted octanol–water partition coefficient (Wildman–Crippen LogP) is 1.37. The predicted molar refractivity (Wildman–Crippen MR) is 75.4 cm³/mol. The SMILES string of the molecule is [O-][Cl+3]([O-])([O-])OI(c1ccc(Cl)cc1)c1ccc(Cl)cc1. The Balaban J connectivity index is 2.38. The van der Waals surface area contributed by atoms with E-state index in [1.165, 1.54) is 0 Å². The van der Waals surface area contributed by atoms with E-state index in [9.17, 15) is 14.0 Å². The topological polar surface area (TPSA) is 78.4 Å². The molecule has 0 atom stereocenters. The van der Waals surface area contributed by atoms with Gasteiger partial charge in [0.05, 0.1) is 0 Å². The fourth-order valence-electron chi connectivity index (χ4n) is 1.35. The summed E-state index contributed by atoms with van der Waals surface area (Å²) < 4.78 is 38.8. The van der Waals surface area contributed by atoms with Crippen molar-refractivity contribution in [3.05, 3.63) is 65.7 Å². The monoisotopic (exact) mass is 448 g/mol. The van der Waals surface area contributed by atoms with Crippen LogP contribution in [0.15, 0.2) is 48.5 Å². The van der Waals surface area contributed by atoms with Gasteiger partial charge in [-0.1, -0.05) is 0 Å². The summed E-state index contributed by atoms with van der Waals surface area (Å²) in [5.74, 6) is 0. The molecule has 0 aliphatic heterocycles. The van der Waals surface area contributed by atoms with Crippen LogP contribution in [0.3, 0.4) is 0 Å². The van der Waals surface area contributed by atoms with E-state index in [-0.39, 0.29) is 0 Å². The minimum atomic E-state index is -4.50. The number of rotatable bonds is 4. The minimum absolute atomic E-state index is 0.517. The molecule has 0 radical (unpaired) electrons. The standard InChI is InChI=1S/C12H8Cl3IO4/c13-9-1-5-11(6-2-9)16(20-15(17,18)19)12-7-3-10(14)4-8-12/h1-8H. The molecule has 2 rings (SSSR count). The van der Waals surface area contributed by atoms with Crippen LogP contribution in [0.1, 0.15) is 0 Å². The second-order valence-electron chi connectivity index (χ2n) is 3.56. The van der Waals surface area contributed by atoms with Crippen LogP contribution in [0.5, 0.6) is 0 Å². The van der Waals surface area contributed by atoms with Crippen molar-refractivity contribution >= 4 is 43.4 Å². The van der Waals surface area contributed by atoms with E-state index < -0.39 is 30.5 Å². The van der Waals surface area contributed by atoms with E-state index >= 15 is 0 Å². The van der Waals surface area contributed by atoms with Crippen molar-refractivity contribution in [1.29, 1.82) is 0 Å². The van der Waals surface area contributed by atoms with E-state index in [0.29, 0.717) is 17.2 Å². The number of hydrogen-bond acceptors (Lipinski definition) is 4. The van der Waals surface area contributed by atoms with Gasteiger partial charge in [0.25, 0.3) is 0 Å². The van der Waals surface area contributed by atoms with Gasteiger partial charge in [-0.15, -0.1) is 0 Å². The first-order valence-electron chi connectivity index (χ1n) is 5.17. The van der Waals surface area contributed by atoms with Crippen LogP contribution >= 0.6 is 43.4 Å². The third-order valence-electron chi connectivity index (χ3n) is 2.13. The van der Waals surface area contributed by atoms with Crippen molar-refractivity contribution in [2.75, 3.05) is 0 Å². The first-order chi connectivity index (χ1) is 9.35. The van der Waals surface area contributed by atoms with Crippen molar-refractivity contribution in [3.8, 4) is 0 Å². The molecule has 0 aliphatic rings. The molecule has 0 spiro atoms. The normalized spacial score (nSPS) is 12.3. The van der Waals surface area contributed by atoms with Gasteiger partial charge in [0.1, 0.15) is 0 Å². The quantitative estimate of drug-likeness (QED) is 0.661. The molecule has 0 fully saturated rings. The van der Waals surface area contributed by atoms with Gasteiger partial charge in [-0.25, -0.2) is 0 Å². The molecule has 0 saturated heterocycles. The van der Waals surface area contributed by atoms with Gasteiger partial charge in [-0.3, -0.25) is 0 Å². The van der Waals surface area contributed by atoms with E-state index in [0.717, 1.165) is 0 Å². The Morgan fingerprint density at radius 1 is 0.750 bits per heavy atom. The summed E-state index contributed by atoms with van der Waals surface area (Å²) in [4.78, 5) is 0. The fourth-order valence-corrected chi connectivity index (χ4v) is 7.00. The van der Waals surface area contributed by atoms with Crippen molar-refractivity contribution in [3.63, 3.8) is 0 Å². The summed E-state index contributed by atoms with van der Waals surface area (Å²) in [6.45, 7) is 0. The van der Waals surface area contributed by atoms with Crippen molar-refractivity contribution in [2.24, 2.45) is 0 Å². The average molecular weight is 449 g/mol. The maximum absolute atomic E-state index is 10.9. The van der Waals surface area contributed by atoms with Gasteiger partial charge in [0.15, 0.2) is 0 Å². The number of benzene rings is 2. The van der Waals surface area contributed by atoms with Crippen LogP contribution < -0.4 is 14.0 Å². The average Bonchev–Trinajstić information content (AvgIpc) is 2.37. The molecule has 20 heavy (non-hydrogen) atoms.